The second-order valence-electron chi connectivity index (χ2n) is 17.3. The summed E-state index contributed by atoms with van der Waals surface area (Å²) in [5.74, 6) is 0.880. The minimum atomic E-state index is 0.880. The Balaban J connectivity index is 1.12. The lowest BCUT2D eigenvalue weighted by atomic mass is 9.81. The first kappa shape index (κ1) is 38.5. The smallest absolute Gasteiger partial charge is 0.0619 e. The van der Waals surface area contributed by atoms with Gasteiger partial charge in [0.25, 0.3) is 0 Å². The molecule has 1 nitrogen and oxygen atoms in total. The first-order chi connectivity index (χ1) is 32.8. The van der Waals surface area contributed by atoms with Crippen molar-refractivity contribution in [3.05, 3.63) is 242 Å². The average Bonchev–Trinajstić information content (AvgIpc) is 3.97. The Morgan fingerprint density at radius 2 is 0.879 bits per heavy atom. The largest absolute Gasteiger partial charge is 0.309 e. The van der Waals surface area contributed by atoms with E-state index in [0.717, 1.165) is 11.4 Å². The average molecular weight is 858 g/mol. The Kier molecular flexibility index (Phi) is 9.15. The first-order valence-electron chi connectivity index (χ1n) is 22.9. The molecule has 1 aliphatic heterocycles. The summed E-state index contributed by atoms with van der Waals surface area (Å²) in [5, 5.41) is 12.6. The van der Waals surface area contributed by atoms with Crippen LogP contribution in [0.1, 0.15) is 18.1 Å². The molecule has 13 rings (SSSR count). The highest BCUT2D eigenvalue weighted by Gasteiger charge is 2.29. The Morgan fingerprint density at radius 1 is 0.409 bits per heavy atom. The van der Waals surface area contributed by atoms with Crippen molar-refractivity contribution in [1.82, 2.24) is 4.57 Å². The SMILES string of the molecule is C/C=C\C(=C1/CSc2cccc(-c3c4ccccc4c(-c4ccccc4)c4ccccc34)c21)c1c2ccccc2c(-c2cccc3c4ccccc4n(-c4ccccc4)c23)c2ccccc12. The zero-order valence-electron chi connectivity index (χ0n) is 36.5. The van der Waals surface area contributed by atoms with E-state index in [-0.39, 0.29) is 0 Å². The highest BCUT2D eigenvalue weighted by molar-refractivity contribution is 8.00. The number of aromatic nitrogens is 1. The van der Waals surface area contributed by atoms with Gasteiger partial charge in [0.15, 0.2) is 0 Å². The van der Waals surface area contributed by atoms with Gasteiger partial charge in [0, 0.05) is 38.2 Å². The lowest BCUT2D eigenvalue weighted by Crippen LogP contribution is -1.99. The second-order valence-corrected chi connectivity index (χ2v) is 18.3. The molecule has 0 fully saturated rings. The summed E-state index contributed by atoms with van der Waals surface area (Å²) in [7, 11) is 0. The minimum Gasteiger partial charge on any atom is -0.309 e. The van der Waals surface area contributed by atoms with E-state index in [4.69, 9.17) is 0 Å². The van der Waals surface area contributed by atoms with Gasteiger partial charge in [-0.25, -0.2) is 0 Å². The molecule has 0 unspecified atom stereocenters. The molecule has 2 heterocycles. The van der Waals surface area contributed by atoms with Crippen LogP contribution in [-0.4, -0.2) is 10.3 Å². The summed E-state index contributed by atoms with van der Waals surface area (Å²) in [6.07, 6.45) is 4.63. The van der Waals surface area contributed by atoms with Crippen LogP contribution >= 0.6 is 11.8 Å². The molecule has 0 saturated carbocycles. The maximum Gasteiger partial charge on any atom is 0.0619 e. The van der Waals surface area contributed by atoms with Crippen molar-refractivity contribution in [1.29, 1.82) is 0 Å². The van der Waals surface area contributed by atoms with Crippen molar-refractivity contribution in [3.8, 4) is 39.1 Å². The van der Waals surface area contributed by atoms with Crippen LogP contribution in [0.15, 0.2) is 235 Å². The Morgan fingerprint density at radius 3 is 1.50 bits per heavy atom. The van der Waals surface area contributed by atoms with Crippen LogP contribution in [-0.2, 0) is 0 Å². The van der Waals surface area contributed by atoms with Crippen LogP contribution in [0.25, 0.3) is 115 Å². The van der Waals surface area contributed by atoms with Crippen molar-refractivity contribution < 1.29 is 0 Å². The molecule has 0 amide bonds. The summed E-state index contributed by atoms with van der Waals surface area (Å²) in [5.41, 5.74) is 16.5. The van der Waals surface area contributed by atoms with Crippen molar-refractivity contribution in [2.24, 2.45) is 0 Å². The predicted octanol–water partition coefficient (Wildman–Crippen LogP) is 18.0. The number of para-hydroxylation sites is 3. The van der Waals surface area contributed by atoms with Gasteiger partial charge in [0.05, 0.1) is 11.0 Å². The lowest BCUT2D eigenvalue weighted by molar-refractivity contribution is 1.18. The van der Waals surface area contributed by atoms with Crippen LogP contribution in [0.4, 0.5) is 0 Å². The maximum atomic E-state index is 2.47. The van der Waals surface area contributed by atoms with E-state index < -0.39 is 0 Å². The summed E-state index contributed by atoms with van der Waals surface area (Å²) in [6.45, 7) is 2.17. The number of rotatable bonds is 6. The molecule has 0 saturated heterocycles. The number of hydrogen-bond donors (Lipinski definition) is 0. The molecule has 0 spiro atoms. The van der Waals surface area contributed by atoms with Gasteiger partial charge in [0.2, 0.25) is 0 Å². The topological polar surface area (TPSA) is 4.93 Å². The number of hydrogen-bond acceptors (Lipinski definition) is 1. The summed E-state index contributed by atoms with van der Waals surface area (Å²) < 4.78 is 2.47. The fourth-order valence-electron chi connectivity index (χ4n) is 11.2. The van der Waals surface area contributed by atoms with Gasteiger partial charge in [-0.15, -0.1) is 11.8 Å². The molecule has 12 aromatic rings. The third-order valence-electron chi connectivity index (χ3n) is 13.8. The highest BCUT2D eigenvalue weighted by atomic mass is 32.2. The van der Waals surface area contributed by atoms with E-state index in [0.29, 0.717) is 0 Å². The molecular weight excluding hydrogens is 815 g/mol. The van der Waals surface area contributed by atoms with E-state index in [1.165, 1.54) is 125 Å². The summed E-state index contributed by atoms with van der Waals surface area (Å²) in [6, 6.07) is 80.8. The van der Waals surface area contributed by atoms with Crippen LogP contribution in [0.3, 0.4) is 0 Å². The van der Waals surface area contributed by atoms with Gasteiger partial charge in [-0.3, -0.25) is 0 Å². The molecular formula is C64H43NS. The summed E-state index contributed by atoms with van der Waals surface area (Å²) in [4.78, 5) is 1.33. The normalized spacial score (nSPS) is 13.5. The van der Waals surface area contributed by atoms with E-state index in [1.807, 2.05) is 11.8 Å². The quantitative estimate of drug-likeness (QED) is 0.151. The number of nitrogens with zero attached hydrogens (tertiary/aromatic N) is 1. The number of fused-ring (bicyclic) bond motifs is 8. The molecule has 11 aromatic carbocycles. The van der Waals surface area contributed by atoms with Crippen LogP contribution in [0, 0.1) is 0 Å². The van der Waals surface area contributed by atoms with Gasteiger partial charge in [-0.05, 0) is 119 Å². The first-order valence-corrected chi connectivity index (χ1v) is 23.9. The molecule has 0 radical (unpaired) electrons. The van der Waals surface area contributed by atoms with E-state index in [2.05, 4.69) is 242 Å². The fraction of sp³-hybridized carbons (Fsp3) is 0.0312. The van der Waals surface area contributed by atoms with Crippen LogP contribution in [0.5, 0.6) is 0 Å². The van der Waals surface area contributed by atoms with Crippen LogP contribution in [0.2, 0.25) is 0 Å². The number of benzene rings is 11. The second kappa shape index (κ2) is 15.7. The molecule has 1 aliphatic rings. The third kappa shape index (κ3) is 5.82. The van der Waals surface area contributed by atoms with Crippen molar-refractivity contribution in [2.75, 3.05) is 5.75 Å². The number of allylic oxidation sites excluding steroid dienone is 3. The summed E-state index contributed by atoms with van der Waals surface area (Å²) >= 11 is 1.96. The van der Waals surface area contributed by atoms with Gasteiger partial charge in [0.1, 0.15) is 0 Å². The molecule has 2 heteroatoms. The van der Waals surface area contributed by atoms with Gasteiger partial charge < -0.3 is 4.57 Å². The minimum absolute atomic E-state index is 0.880. The maximum absolute atomic E-state index is 2.47. The van der Waals surface area contributed by atoms with Gasteiger partial charge in [-0.1, -0.05) is 206 Å². The zero-order chi connectivity index (χ0) is 43.7. The molecule has 0 aliphatic carbocycles. The molecule has 66 heavy (non-hydrogen) atoms. The lowest BCUT2D eigenvalue weighted by Gasteiger charge is -2.22. The number of thioether (sulfide) groups is 1. The van der Waals surface area contributed by atoms with E-state index >= 15 is 0 Å². The molecule has 0 atom stereocenters. The Labute approximate surface area is 388 Å². The van der Waals surface area contributed by atoms with Crippen molar-refractivity contribution >= 4 is 87.8 Å². The van der Waals surface area contributed by atoms with Gasteiger partial charge in [-0.2, -0.15) is 0 Å². The third-order valence-corrected chi connectivity index (χ3v) is 14.9. The van der Waals surface area contributed by atoms with E-state index in [1.54, 1.807) is 0 Å². The molecule has 1 aromatic heterocycles. The monoisotopic (exact) mass is 857 g/mol. The highest BCUT2D eigenvalue weighted by Crippen LogP contribution is 2.54. The van der Waals surface area contributed by atoms with Crippen LogP contribution < -0.4 is 0 Å². The van der Waals surface area contributed by atoms with Crippen molar-refractivity contribution in [2.45, 2.75) is 11.8 Å². The van der Waals surface area contributed by atoms with Gasteiger partial charge >= 0.3 is 0 Å². The predicted molar refractivity (Wildman–Crippen MR) is 286 cm³/mol. The fourth-order valence-corrected chi connectivity index (χ4v) is 12.4. The zero-order valence-corrected chi connectivity index (χ0v) is 37.3. The van der Waals surface area contributed by atoms with Crippen molar-refractivity contribution in [3.63, 3.8) is 0 Å². The molecule has 0 N–H and O–H groups in total. The Bertz CT molecular complexity index is 3870. The molecule has 0 bridgehead atoms. The Hall–Kier alpha value is -7.91. The standard InChI is InChI=1S/C64H43NS/c1-2-21-44(56-40-66-58-39-20-36-54(63(56)58)61-47-29-11-9-27-45(47)59(41-22-5-3-6-23-41)46-28-10-12-30-48(46)61)60-49-31-13-15-33-51(49)62(52-34-16-14-32-50(52)60)55-37-19-35-53-43-26-17-18-38-57(43)65(64(53)55)42-24-7-4-8-25-42/h2-39H,40H2,1H3/b21-2-,56-44-. The van der Waals surface area contributed by atoms with E-state index in [9.17, 15) is 0 Å². The molecule has 310 valence electrons.